The van der Waals surface area contributed by atoms with Crippen LogP contribution in [0, 0.1) is 18.8 Å². The number of rotatable bonds is 9. The predicted octanol–water partition coefficient (Wildman–Crippen LogP) is 5.73. The molecular formula is C27H39N3O2. The monoisotopic (exact) mass is 437 g/mol. The van der Waals surface area contributed by atoms with Crippen LogP contribution in [-0.2, 0) is 11.3 Å². The topological polar surface area (TPSA) is 52.7 Å². The summed E-state index contributed by atoms with van der Waals surface area (Å²) in [5.74, 6) is 0.631. The minimum absolute atomic E-state index is 0.00629. The molecule has 1 atom stereocenters. The van der Waals surface area contributed by atoms with Crippen molar-refractivity contribution >= 4 is 23.2 Å². The molecule has 0 spiro atoms. The molecule has 174 valence electrons. The summed E-state index contributed by atoms with van der Waals surface area (Å²) in [6.45, 7) is 12.9. The van der Waals surface area contributed by atoms with E-state index in [1.165, 1.54) is 0 Å². The van der Waals surface area contributed by atoms with Gasteiger partial charge in [0.1, 0.15) is 0 Å². The average molecular weight is 438 g/mol. The quantitative estimate of drug-likeness (QED) is 0.545. The third-order valence-electron chi connectivity index (χ3n) is 5.76. The van der Waals surface area contributed by atoms with Crippen molar-refractivity contribution < 1.29 is 9.59 Å². The molecule has 1 N–H and O–H groups in total. The number of nitrogens with zero attached hydrogens (tertiary/aromatic N) is 2. The molecule has 0 aliphatic heterocycles. The Morgan fingerprint density at radius 1 is 0.969 bits per heavy atom. The van der Waals surface area contributed by atoms with Crippen molar-refractivity contribution in [1.29, 1.82) is 0 Å². The predicted molar refractivity (Wildman–Crippen MR) is 134 cm³/mol. The molecule has 0 aromatic heterocycles. The lowest BCUT2D eigenvalue weighted by Crippen LogP contribution is -2.41. The number of carbonyl (C=O) groups is 2. The smallest absolute Gasteiger partial charge is 0.254 e. The van der Waals surface area contributed by atoms with Crippen LogP contribution in [0.25, 0.3) is 0 Å². The second-order valence-electron chi connectivity index (χ2n) is 9.67. The first-order valence-corrected chi connectivity index (χ1v) is 11.5. The summed E-state index contributed by atoms with van der Waals surface area (Å²) in [7, 11) is 3.99. The minimum Gasteiger partial charge on any atom is -0.377 e. The molecule has 0 radical (unpaired) electrons. The van der Waals surface area contributed by atoms with Crippen LogP contribution in [-0.4, -0.2) is 36.9 Å². The molecule has 5 nitrogen and oxygen atoms in total. The Hall–Kier alpha value is -2.82. The molecule has 0 fully saturated rings. The average Bonchev–Trinajstić information content (AvgIpc) is 2.70. The van der Waals surface area contributed by atoms with E-state index in [4.69, 9.17) is 0 Å². The van der Waals surface area contributed by atoms with Crippen molar-refractivity contribution in [1.82, 2.24) is 4.90 Å². The van der Waals surface area contributed by atoms with Crippen LogP contribution in [0.3, 0.4) is 0 Å². The van der Waals surface area contributed by atoms with Crippen LogP contribution >= 0.6 is 0 Å². The zero-order valence-electron chi connectivity index (χ0n) is 20.9. The van der Waals surface area contributed by atoms with Crippen LogP contribution < -0.4 is 10.2 Å². The summed E-state index contributed by atoms with van der Waals surface area (Å²) < 4.78 is 0. The van der Waals surface area contributed by atoms with Gasteiger partial charge in [0.05, 0.1) is 0 Å². The van der Waals surface area contributed by atoms with Gasteiger partial charge in [-0.25, -0.2) is 0 Å². The van der Waals surface area contributed by atoms with Crippen LogP contribution in [0.5, 0.6) is 0 Å². The van der Waals surface area contributed by atoms with Gasteiger partial charge < -0.3 is 15.1 Å². The van der Waals surface area contributed by atoms with Gasteiger partial charge in [-0.1, -0.05) is 45.4 Å². The Labute approximate surface area is 193 Å². The first-order valence-electron chi connectivity index (χ1n) is 11.5. The Bertz CT molecular complexity index is 934. The Morgan fingerprint density at radius 2 is 1.66 bits per heavy atom. The lowest BCUT2D eigenvalue weighted by molar-refractivity contribution is -0.116. The molecule has 0 aliphatic rings. The fourth-order valence-corrected chi connectivity index (χ4v) is 3.70. The minimum atomic E-state index is 0.00629. The van der Waals surface area contributed by atoms with E-state index in [0.717, 1.165) is 22.5 Å². The van der Waals surface area contributed by atoms with Crippen molar-refractivity contribution in [2.75, 3.05) is 24.3 Å². The molecule has 2 rings (SSSR count). The van der Waals surface area contributed by atoms with E-state index in [1.54, 1.807) is 0 Å². The van der Waals surface area contributed by atoms with Gasteiger partial charge in [0, 0.05) is 50.0 Å². The molecule has 2 aromatic rings. The molecule has 0 saturated carbocycles. The van der Waals surface area contributed by atoms with Gasteiger partial charge in [0.15, 0.2) is 0 Å². The first kappa shape index (κ1) is 25.4. The summed E-state index contributed by atoms with van der Waals surface area (Å²) in [5, 5.41) is 3.01. The molecule has 32 heavy (non-hydrogen) atoms. The van der Waals surface area contributed by atoms with Crippen molar-refractivity contribution in [3.8, 4) is 0 Å². The second-order valence-corrected chi connectivity index (χ2v) is 9.67. The van der Waals surface area contributed by atoms with Gasteiger partial charge >= 0.3 is 0 Å². The third-order valence-corrected chi connectivity index (χ3v) is 5.76. The maximum absolute atomic E-state index is 13.6. The van der Waals surface area contributed by atoms with Crippen LogP contribution in [0.4, 0.5) is 11.4 Å². The number of amides is 2. The van der Waals surface area contributed by atoms with E-state index >= 15 is 0 Å². The van der Waals surface area contributed by atoms with Gasteiger partial charge in [-0.05, 0) is 61.6 Å². The zero-order valence-corrected chi connectivity index (χ0v) is 20.9. The van der Waals surface area contributed by atoms with Gasteiger partial charge in [0.25, 0.3) is 5.91 Å². The molecule has 2 aromatic carbocycles. The molecule has 0 heterocycles. The summed E-state index contributed by atoms with van der Waals surface area (Å²) >= 11 is 0. The van der Waals surface area contributed by atoms with E-state index in [-0.39, 0.29) is 17.9 Å². The van der Waals surface area contributed by atoms with Gasteiger partial charge in [0.2, 0.25) is 5.91 Å². The van der Waals surface area contributed by atoms with Crippen LogP contribution in [0.15, 0.2) is 42.5 Å². The Kier molecular flexibility index (Phi) is 8.88. The molecule has 1 unspecified atom stereocenters. The van der Waals surface area contributed by atoms with Crippen LogP contribution in [0.2, 0.25) is 0 Å². The van der Waals surface area contributed by atoms with E-state index in [2.05, 4.69) is 26.1 Å². The molecular weight excluding hydrogens is 398 g/mol. The molecule has 2 amide bonds. The van der Waals surface area contributed by atoms with Crippen LogP contribution in [0.1, 0.15) is 62.5 Å². The fraction of sp³-hybridized carbons (Fsp3) is 0.481. The molecule has 0 aliphatic carbocycles. The fourth-order valence-electron chi connectivity index (χ4n) is 3.70. The van der Waals surface area contributed by atoms with Gasteiger partial charge in [-0.15, -0.1) is 0 Å². The first-order chi connectivity index (χ1) is 15.0. The largest absolute Gasteiger partial charge is 0.377 e. The van der Waals surface area contributed by atoms with Gasteiger partial charge in [-0.2, -0.15) is 0 Å². The van der Waals surface area contributed by atoms with Crippen molar-refractivity contribution in [2.45, 2.75) is 60.5 Å². The van der Waals surface area contributed by atoms with Crippen molar-refractivity contribution in [3.05, 3.63) is 59.2 Å². The lowest BCUT2D eigenvalue weighted by atomic mass is 10.0. The summed E-state index contributed by atoms with van der Waals surface area (Å²) in [6, 6.07) is 13.7. The number of benzene rings is 2. The maximum Gasteiger partial charge on any atom is 0.254 e. The van der Waals surface area contributed by atoms with E-state index in [9.17, 15) is 9.59 Å². The highest BCUT2D eigenvalue weighted by Gasteiger charge is 2.25. The number of anilines is 2. The molecule has 0 saturated heterocycles. The van der Waals surface area contributed by atoms with E-state index < -0.39 is 0 Å². The van der Waals surface area contributed by atoms with E-state index in [0.29, 0.717) is 30.4 Å². The summed E-state index contributed by atoms with van der Waals surface area (Å²) in [5.41, 5.74) is 4.56. The number of hydrogen-bond donors (Lipinski definition) is 1. The summed E-state index contributed by atoms with van der Waals surface area (Å²) in [6.07, 6.45) is 0.479. The highest BCUT2D eigenvalue weighted by atomic mass is 16.2. The Morgan fingerprint density at radius 3 is 2.22 bits per heavy atom. The lowest BCUT2D eigenvalue weighted by Gasteiger charge is -2.33. The SMILES string of the molecule is Cc1cccc(C(=O)N(Cc2cc(NC(=O)CC(C)C)ccc2N(C)C)C(C)C(C)C)c1. The number of hydrogen-bond acceptors (Lipinski definition) is 3. The maximum atomic E-state index is 13.6. The zero-order chi connectivity index (χ0) is 24.0. The molecule has 0 bridgehead atoms. The van der Waals surface area contributed by atoms with E-state index in [1.807, 2.05) is 87.1 Å². The molecule has 5 heteroatoms. The second kappa shape index (κ2) is 11.2. The number of nitrogens with one attached hydrogen (secondary N) is 1. The number of aryl methyl sites for hydroxylation is 1. The third kappa shape index (κ3) is 6.84. The Balaban J connectivity index is 2.42. The van der Waals surface area contributed by atoms with Crippen molar-refractivity contribution in [3.63, 3.8) is 0 Å². The normalized spacial score (nSPS) is 12.1. The highest BCUT2D eigenvalue weighted by molar-refractivity contribution is 5.95. The van der Waals surface area contributed by atoms with Gasteiger partial charge in [-0.3, -0.25) is 9.59 Å². The van der Waals surface area contributed by atoms with Crippen molar-refractivity contribution in [2.24, 2.45) is 11.8 Å². The highest BCUT2D eigenvalue weighted by Crippen LogP contribution is 2.27. The number of carbonyl (C=O) groups excluding carboxylic acids is 2. The summed E-state index contributed by atoms with van der Waals surface area (Å²) in [4.78, 5) is 29.9. The standard InChI is InChI=1S/C27H39N3O2/c1-18(2)14-26(31)28-24-12-13-25(29(7)8)23(16-24)17-30(21(6)19(3)4)27(32)22-11-9-10-20(5)15-22/h9-13,15-16,18-19,21H,14,17H2,1-8H3,(H,28,31).